The molecule has 0 aromatic heterocycles. The van der Waals surface area contributed by atoms with E-state index in [9.17, 15) is 13.8 Å². The van der Waals surface area contributed by atoms with Crippen molar-refractivity contribution in [3.63, 3.8) is 0 Å². The Balaban J connectivity index is 3.07. The van der Waals surface area contributed by atoms with E-state index in [4.69, 9.17) is 4.74 Å². The average molecular weight is 368 g/mol. The summed E-state index contributed by atoms with van der Waals surface area (Å²) < 4.78 is 21.9. The van der Waals surface area contributed by atoms with E-state index >= 15 is 0 Å². The van der Waals surface area contributed by atoms with Crippen molar-refractivity contribution < 1.29 is 18.5 Å². The minimum Gasteiger partial charge on any atom is -0.444 e. The molecule has 6 nitrogen and oxygen atoms in total. The zero-order chi connectivity index (χ0) is 19.3. The van der Waals surface area contributed by atoms with Crippen LogP contribution < -0.4 is 5.32 Å². The van der Waals surface area contributed by atoms with Gasteiger partial charge in [0.1, 0.15) is 11.6 Å². The summed E-state index contributed by atoms with van der Waals surface area (Å²) >= 11 is 0. The van der Waals surface area contributed by atoms with Gasteiger partial charge in [0.2, 0.25) is 0 Å². The Morgan fingerprint density at radius 1 is 1.24 bits per heavy atom. The van der Waals surface area contributed by atoms with Crippen LogP contribution in [0, 0.1) is 5.92 Å². The van der Waals surface area contributed by atoms with Crippen molar-refractivity contribution in [2.45, 2.75) is 57.6 Å². The van der Waals surface area contributed by atoms with E-state index in [1.807, 2.05) is 13.8 Å². The Bertz CT molecular complexity index is 716. The number of carbonyl (C=O) groups is 2. The van der Waals surface area contributed by atoms with Crippen LogP contribution >= 0.6 is 0 Å². The van der Waals surface area contributed by atoms with Crippen LogP contribution in [-0.4, -0.2) is 34.1 Å². The van der Waals surface area contributed by atoms with Crippen LogP contribution in [-0.2, 0) is 19.3 Å². The van der Waals surface area contributed by atoms with Gasteiger partial charge in [-0.15, -0.1) is 0 Å². The van der Waals surface area contributed by atoms with Crippen molar-refractivity contribution >= 4 is 21.7 Å². The number of hydrogen-bond donors (Lipinski definition) is 1. The molecule has 7 heteroatoms. The van der Waals surface area contributed by atoms with Crippen LogP contribution in [0.15, 0.2) is 39.6 Å². The number of alkyl carbamates (subject to hydrolysis) is 1. The third kappa shape index (κ3) is 6.86. The molecule has 1 aromatic carbocycles. The lowest BCUT2D eigenvalue weighted by Crippen LogP contribution is -2.46. The first-order chi connectivity index (χ1) is 11.5. The van der Waals surface area contributed by atoms with Gasteiger partial charge in [0, 0.05) is 11.2 Å². The minimum absolute atomic E-state index is 0.172. The Morgan fingerprint density at radius 3 is 2.28 bits per heavy atom. The first kappa shape index (κ1) is 21.2. The van der Waals surface area contributed by atoms with Gasteiger partial charge in [-0.3, -0.25) is 4.79 Å². The number of carbonyl (C=O) groups excluding carboxylic acids is 2. The van der Waals surface area contributed by atoms with Crippen LogP contribution in [0.2, 0.25) is 0 Å². The quantitative estimate of drug-likeness (QED) is 0.860. The molecule has 1 N–H and O–H groups in total. The fraction of sp³-hybridized carbons (Fsp3) is 0.556. The van der Waals surface area contributed by atoms with E-state index < -0.39 is 33.4 Å². The van der Waals surface area contributed by atoms with E-state index in [0.717, 1.165) is 0 Å². The lowest BCUT2D eigenvalue weighted by atomic mass is 9.99. The van der Waals surface area contributed by atoms with Gasteiger partial charge < -0.3 is 10.1 Å². The maximum atomic E-state index is 12.8. The Labute approximate surface area is 150 Å². The molecular formula is C18H28N2O4S. The highest BCUT2D eigenvalue weighted by molar-refractivity contribution is 7.93. The molecule has 0 saturated heterocycles. The van der Waals surface area contributed by atoms with Gasteiger partial charge in [-0.25, -0.2) is 9.00 Å². The summed E-state index contributed by atoms with van der Waals surface area (Å²) in [6, 6.07) is 7.72. The minimum atomic E-state index is -2.88. The lowest BCUT2D eigenvalue weighted by Gasteiger charge is -2.25. The fourth-order valence-electron chi connectivity index (χ4n) is 2.07. The molecule has 0 aliphatic heterocycles. The number of nitrogens with zero attached hydrogens (tertiary/aromatic N) is 1. The second kappa shape index (κ2) is 8.47. The predicted molar refractivity (Wildman–Crippen MR) is 98.8 cm³/mol. The van der Waals surface area contributed by atoms with Crippen molar-refractivity contribution in [2.24, 2.45) is 10.3 Å². The Hall–Kier alpha value is -1.89. The first-order valence-corrected chi connectivity index (χ1v) is 10.2. The molecule has 0 aliphatic rings. The lowest BCUT2D eigenvalue weighted by molar-refractivity contribution is -0.120. The summed E-state index contributed by atoms with van der Waals surface area (Å²) in [6.07, 6.45) is 1.38. The topological polar surface area (TPSA) is 84.8 Å². The van der Waals surface area contributed by atoms with Gasteiger partial charge in [0.15, 0.2) is 0 Å². The van der Waals surface area contributed by atoms with E-state index in [1.165, 1.54) is 6.26 Å². The number of benzene rings is 1. The van der Waals surface area contributed by atoms with Crippen LogP contribution in [0.4, 0.5) is 4.79 Å². The van der Waals surface area contributed by atoms with Gasteiger partial charge in [0.05, 0.1) is 9.73 Å². The SMILES string of the molecule is CCC(C)[C@H](NC(=O)OC(C)(C)C)C(=O)N=[S@@](C)(=O)c1ccccc1. The normalized spacial score (nSPS) is 16.2. The third-order valence-electron chi connectivity index (χ3n) is 3.60. The second-order valence-corrected chi connectivity index (χ2v) is 9.31. The highest BCUT2D eigenvalue weighted by Gasteiger charge is 2.29. The number of rotatable bonds is 5. The number of hydrogen-bond acceptors (Lipinski definition) is 4. The number of amides is 2. The highest BCUT2D eigenvalue weighted by atomic mass is 32.2. The molecule has 0 saturated carbocycles. The molecule has 0 heterocycles. The van der Waals surface area contributed by atoms with Crippen molar-refractivity contribution in [3.05, 3.63) is 30.3 Å². The molecule has 2 amide bonds. The summed E-state index contributed by atoms with van der Waals surface area (Å²) in [4.78, 5) is 25.1. The van der Waals surface area contributed by atoms with E-state index in [-0.39, 0.29) is 5.92 Å². The number of nitrogens with one attached hydrogen (secondary N) is 1. The highest BCUT2D eigenvalue weighted by Crippen LogP contribution is 2.16. The van der Waals surface area contributed by atoms with Crippen molar-refractivity contribution in [1.29, 1.82) is 0 Å². The molecule has 1 rings (SSSR count). The van der Waals surface area contributed by atoms with Crippen LogP contribution in [0.1, 0.15) is 41.0 Å². The van der Waals surface area contributed by atoms with Crippen molar-refractivity contribution in [1.82, 2.24) is 5.32 Å². The van der Waals surface area contributed by atoms with Gasteiger partial charge in [0.25, 0.3) is 5.91 Å². The summed E-state index contributed by atoms with van der Waals surface area (Å²) in [7, 11) is -2.88. The molecule has 140 valence electrons. The Kier molecular flexibility index (Phi) is 7.17. The standard InChI is InChI=1S/C18H28N2O4S/c1-7-13(2)15(19-17(22)24-18(3,4)5)16(21)20-25(6,23)14-11-9-8-10-12-14/h8-13,15H,7H2,1-6H3,(H,19,22)/t13?,15-,25-/m0/s1. The molecule has 0 bridgehead atoms. The van der Waals surface area contributed by atoms with Gasteiger partial charge in [-0.05, 0) is 38.8 Å². The molecule has 3 atom stereocenters. The maximum Gasteiger partial charge on any atom is 0.408 e. The molecule has 25 heavy (non-hydrogen) atoms. The monoisotopic (exact) mass is 368 g/mol. The first-order valence-electron chi connectivity index (χ1n) is 8.27. The molecule has 0 aliphatic carbocycles. The predicted octanol–water partition coefficient (Wildman–Crippen LogP) is 3.61. The van der Waals surface area contributed by atoms with Crippen LogP contribution in [0.25, 0.3) is 0 Å². The molecule has 1 aromatic rings. The summed E-state index contributed by atoms with van der Waals surface area (Å²) in [6.45, 7) is 8.96. The van der Waals surface area contributed by atoms with E-state index in [2.05, 4.69) is 9.68 Å². The van der Waals surface area contributed by atoms with Crippen molar-refractivity contribution in [3.8, 4) is 0 Å². The molecule has 0 radical (unpaired) electrons. The zero-order valence-electron chi connectivity index (χ0n) is 15.7. The second-order valence-electron chi connectivity index (χ2n) is 7.05. The molecule has 1 unspecified atom stereocenters. The smallest absolute Gasteiger partial charge is 0.408 e. The molecule has 0 spiro atoms. The van der Waals surface area contributed by atoms with Crippen molar-refractivity contribution in [2.75, 3.05) is 6.26 Å². The number of ether oxygens (including phenoxy) is 1. The summed E-state index contributed by atoms with van der Waals surface area (Å²) in [5.41, 5.74) is -0.674. The van der Waals surface area contributed by atoms with Crippen LogP contribution in [0.3, 0.4) is 0 Å². The van der Waals surface area contributed by atoms with E-state index in [1.54, 1.807) is 51.1 Å². The Morgan fingerprint density at radius 2 is 1.80 bits per heavy atom. The van der Waals surface area contributed by atoms with Gasteiger partial charge >= 0.3 is 6.09 Å². The molecular weight excluding hydrogens is 340 g/mol. The zero-order valence-corrected chi connectivity index (χ0v) is 16.6. The fourth-order valence-corrected chi connectivity index (χ4v) is 3.30. The molecule has 0 fully saturated rings. The average Bonchev–Trinajstić information content (AvgIpc) is 2.50. The van der Waals surface area contributed by atoms with Crippen LogP contribution in [0.5, 0.6) is 0 Å². The third-order valence-corrected chi connectivity index (χ3v) is 5.27. The van der Waals surface area contributed by atoms with Gasteiger partial charge in [-0.2, -0.15) is 4.36 Å². The van der Waals surface area contributed by atoms with Gasteiger partial charge in [-0.1, -0.05) is 38.5 Å². The summed E-state index contributed by atoms with van der Waals surface area (Å²) in [5, 5.41) is 2.57. The largest absolute Gasteiger partial charge is 0.444 e. The maximum absolute atomic E-state index is 12.8. The van der Waals surface area contributed by atoms with E-state index in [0.29, 0.717) is 11.3 Å². The summed E-state index contributed by atoms with van der Waals surface area (Å²) in [5.74, 6) is -0.786.